The summed E-state index contributed by atoms with van der Waals surface area (Å²) in [4.78, 5) is 14.3. The number of ether oxygens (including phenoxy) is 1. The van der Waals surface area contributed by atoms with Gasteiger partial charge in [0.2, 0.25) is 5.91 Å². The smallest absolute Gasteiger partial charge is 0.247 e. The summed E-state index contributed by atoms with van der Waals surface area (Å²) >= 11 is 0. The molecule has 0 aliphatic carbocycles. The first-order chi connectivity index (χ1) is 10.0. The van der Waals surface area contributed by atoms with Gasteiger partial charge in [0.15, 0.2) is 0 Å². The Kier molecular flexibility index (Phi) is 5.02. The molecule has 1 aliphatic heterocycles. The van der Waals surface area contributed by atoms with Crippen molar-refractivity contribution in [3.63, 3.8) is 0 Å². The van der Waals surface area contributed by atoms with Crippen molar-refractivity contribution in [2.45, 2.75) is 38.8 Å². The van der Waals surface area contributed by atoms with Crippen LogP contribution in [0.1, 0.15) is 32.3 Å². The van der Waals surface area contributed by atoms with Gasteiger partial charge in [0.25, 0.3) is 0 Å². The number of allylic oxidation sites excluding steroid dienone is 1. The van der Waals surface area contributed by atoms with Crippen LogP contribution in [0.3, 0.4) is 0 Å². The molecule has 114 valence electrons. The zero-order chi connectivity index (χ0) is 15.4. The monoisotopic (exact) mass is 288 g/mol. The highest BCUT2D eigenvalue weighted by Crippen LogP contribution is 2.20. The van der Waals surface area contributed by atoms with Gasteiger partial charge in [0.05, 0.1) is 7.11 Å². The molecule has 2 atom stereocenters. The van der Waals surface area contributed by atoms with Crippen LogP contribution in [0.25, 0.3) is 5.57 Å². The molecule has 0 bridgehead atoms. The summed E-state index contributed by atoms with van der Waals surface area (Å²) in [7, 11) is 1.64. The van der Waals surface area contributed by atoms with E-state index in [0.29, 0.717) is 0 Å². The van der Waals surface area contributed by atoms with E-state index in [0.717, 1.165) is 36.3 Å². The Hall–Kier alpha value is -1.81. The Morgan fingerprint density at radius 2 is 2.05 bits per heavy atom. The molecule has 0 saturated carbocycles. The Bertz CT molecular complexity index is 522. The fraction of sp³-hybridized carbons (Fsp3) is 0.471. The summed E-state index contributed by atoms with van der Waals surface area (Å²) in [6.07, 6.45) is 3.47. The van der Waals surface area contributed by atoms with Crippen molar-refractivity contribution in [1.82, 2.24) is 4.90 Å². The lowest BCUT2D eigenvalue weighted by atomic mass is 9.98. The topological polar surface area (TPSA) is 55.6 Å². The second kappa shape index (κ2) is 6.76. The highest BCUT2D eigenvalue weighted by molar-refractivity contribution is 5.95. The molecule has 1 fully saturated rings. The van der Waals surface area contributed by atoms with Gasteiger partial charge in [-0.3, -0.25) is 4.79 Å². The molecule has 2 unspecified atom stereocenters. The molecule has 1 aromatic carbocycles. The molecule has 4 heteroatoms. The van der Waals surface area contributed by atoms with Crippen molar-refractivity contribution in [1.29, 1.82) is 0 Å². The number of rotatable bonds is 3. The molecule has 1 aliphatic rings. The van der Waals surface area contributed by atoms with Crippen LogP contribution in [0.2, 0.25) is 0 Å². The van der Waals surface area contributed by atoms with Crippen molar-refractivity contribution >= 4 is 11.5 Å². The average Bonchev–Trinajstić information content (AvgIpc) is 2.47. The molecule has 1 heterocycles. The summed E-state index contributed by atoms with van der Waals surface area (Å²) in [6.45, 7) is 4.76. The number of nitrogens with zero attached hydrogens (tertiary/aromatic N) is 1. The van der Waals surface area contributed by atoms with Gasteiger partial charge in [0.1, 0.15) is 5.75 Å². The van der Waals surface area contributed by atoms with E-state index in [1.165, 1.54) is 0 Å². The molecule has 21 heavy (non-hydrogen) atoms. The first kappa shape index (κ1) is 15.6. The number of hydrogen-bond acceptors (Lipinski definition) is 3. The van der Waals surface area contributed by atoms with Crippen LogP contribution in [0.15, 0.2) is 30.3 Å². The Labute approximate surface area is 126 Å². The third-order valence-electron chi connectivity index (χ3n) is 4.09. The van der Waals surface area contributed by atoms with E-state index < -0.39 is 0 Å². The van der Waals surface area contributed by atoms with E-state index >= 15 is 0 Å². The normalized spacial score (nSPS) is 23.0. The van der Waals surface area contributed by atoms with Crippen LogP contribution in [-0.4, -0.2) is 36.5 Å². The number of likely N-dealkylation sites (tertiary alicyclic amines) is 1. The maximum absolute atomic E-state index is 12.4. The van der Waals surface area contributed by atoms with Crippen molar-refractivity contribution in [2.24, 2.45) is 5.73 Å². The number of carbonyl (C=O) groups is 1. The van der Waals surface area contributed by atoms with Gasteiger partial charge in [-0.1, -0.05) is 12.1 Å². The number of piperidine rings is 1. The molecule has 0 radical (unpaired) electrons. The lowest BCUT2D eigenvalue weighted by Gasteiger charge is -2.35. The predicted molar refractivity (Wildman–Crippen MR) is 85.0 cm³/mol. The average molecular weight is 288 g/mol. The number of nitrogens with two attached hydrogens (primary N) is 1. The molecular weight excluding hydrogens is 264 g/mol. The van der Waals surface area contributed by atoms with Gasteiger partial charge in [0, 0.05) is 24.7 Å². The van der Waals surface area contributed by atoms with Gasteiger partial charge in [-0.15, -0.1) is 0 Å². The maximum atomic E-state index is 12.4. The van der Waals surface area contributed by atoms with Crippen LogP contribution in [0, 0.1) is 0 Å². The lowest BCUT2D eigenvalue weighted by Crippen LogP contribution is -2.47. The molecule has 0 aromatic heterocycles. The summed E-state index contributed by atoms with van der Waals surface area (Å²) in [6, 6.07) is 8.16. The van der Waals surface area contributed by atoms with Crippen molar-refractivity contribution in [3.8, 4) is 5.75 Å². The fourth-order valence-corrected chi connectivity index (χ4v) is 2.74. The molecule has 4 nitrogen and oxygen atoms in total. The number of amides is 1. The third kappa shape index (κ3) is 3.85. The second-order valence-corrected chi connectivity index (χ2v) is 5.72. The molecule has 1 amide bonds. The molecule has 2 rings (SSSR count). The van der Waals surface area contributed by atoms with E-state index in [1.807, 2.05) is 36.1 Å². The minimum atomic E-state index is 0.0720. The maximum Gasteiger partial charge on any atom is 0.247 e. The molecule has 2 N–H and O–H groups in total. The van der Waals surface area contributed by atoms with E-state index in [1.54, 1.807) is 13.2 Å². The van der Waals surface area contributed by atoms with Gasteiger partial charge in [-0.05, 0) is 50.0 Å². The summed E-state index contributed by atoms with van der Waals surface area (Å²) in [5, 5.41) is 0. The summed E-state index contributed by atoms with van der Waals surface area (Å²) in [5.41, 5.74) is 7.94. The minimum Gasteiger partial charge on any atom is -0.497 e. The number of benzene rings is 1. The van der Waals surface area contributed by atoms with Crippen LogP contribution in [0.4, 0.5) is 0 Å². The quantitative estimate of drug-likeness (QED) is 0.869. The predicted octanol–water partition coefficient (Wildman–Crippen LogP) is 2.44. The Morgan fingerprint density at radius 1 is 1.38 bits per heavy atom. The van der Waals surface area contributed by atoms with E-state index in [2.05, 4.69) is 6.92 Å². The van der Waals surface area contributed by atoms with E-state index in [4.69, 9.17) is 10.5 Å². The minimum absolute atomic E-state index is 0.0720. The Morgan fingerprint density at radius 3 is 2.62 bits per heavy atom. The number of hydrogen-bond donors (Lipinski definition) is 1. The highest BCUT2D eigenvalue weighted by Gasteiger charge is 2.25. The summed E-state index contributed by atoms with van der Waals surface area (Å²) < 4.78 is 5.14. The van der Waals surface area contributed by atoms with E-state index in [9.17, 15) is 4.79 Å². The van der Waals surface area contributed by atoms with Gasteiger partial charge < -0.3 is 15.4 Å². The molecular formula is C17H24N2O2. The standard InChI is InChI=1S/C17H24N2O2/c1-12(14-4-6-16(21-3)7-5-14)10-17(20)19-9-8-15(18)11-13(19)2/h4-7,10,13,15H,8-9,11,18H2,1-3H3. The third-order valence-corrected chi connectivity index (χ3v) is 4.09. The molecule has 0 spiro atoms. The highest BCUT2D eigenvalue weighted by atomic mass is 16.5. The zero-order valence-electron chi connectivity index (χ0n) is 13.0. The van der Waals surface area contributed by atoms with Crippen LogP contribution < -0.4 is 10.5 Å². The van der Waals surface area contributed by atoms with Gasteiger partial charge in [-0.2, -0.15) is 0 Å². The molecule has 1 saturated heterocycles. The summed E-state index contributed by atoms with van der Waals surface area (Å²) in [5.74, 6) is 0.888. The van der Waals surface area contributed by atoms with E-state index in [-0.39, 0.29) is 18.0 Å². The van der Waals surface area contributed by atoms with Crippen LogP contribution in [-0.2, 0) is 4.79 Å². The van der Waals surface area contributed by atoms with Gasteiger partial charge in [-0.25, -0.2) is 0 Å². The molecule has 1 aromatic rings. The van der Waals surface area contributed by atoms with Crippen LogP contribution in [0.5, 0.6) is 5.75 Å². The van der Waals surface area contributed by atoms with Crippen molar-refractivity contribution < 1.29 is 9.53 Å². The number of carbonyl (C=O) groups excluding carboxylic acids is 1. The van der Waals surface area contributed by atoms with Crippen LogP contribution >= 0.6 is 0 Å². The first-order valence-corrected chi connectivity index (χ1v) is 7.40. The SMILES string of the molecule is COc1ccc(C(C)=CC(=O)N2CCC(N)CC2C)cc1. The van der Waals surface area contributed by atoms with Crippen molar-refractivity contribution in [3.05, 3.63) is 35.9 Å². The van der Waals surface area contributed by atoms with Gasteiger partial charge >= 0.3 is 0 Å². The number of methoxy groups -OCH3 is 1. The first-order valence-electron chi connectivity index (χ1n) is 7.40. The van der Waals surface area contributed by atoms with Crippen molar-refractivity contribution in [2.75, 3.05) is 13.7 Å². The largest absolute Gasteiger partial charge is 0.497 e. The zero-order valence-corrected chi connectivity index (χ0v) is 13.0. The fourth-order valence-electron chi connectivity index (χ4n) is 2.74. The second-order valence-electron chi connectivity index (χ2n) is 5.72. The lowest BCUT2D eigenvalue weighted by molar-refractivity contribution is -0.129. The Balaban J connectivity index is 2.08.